The second kappa shape index (κ2) is 6.99. The quantitative estimate of drug-likeness (QED) is 0.908. The molecule has 0 saturated carbocycles. The lowest BCUT2D eigenvalue weighted by molar-refractivity contribution is -0.127. The number of anilines is 2. The second-order valence-corrected chi connectivity index (χ2v) is 7.17. The lowest BCUT2D eigenvalue weighted by atomic mass is 9.75. The second-order valence-electron chi connectivity index (χ2n) is 7.17. The normalized spacial score (nSPS) is 26.2. The van der Waals surface area contributed by atoms with Crippen LogP contribution in [-0.4, -0.2) is 58.5 Å². The van der Waals surface area contributed by atoms with E-state index in [4.69, 9.17) is 0 Å². The number of nitrogens with one attached hydrogen (secondary N) is 1. The van der Waals surface area contributed by atoms with Gasteiger partial charge >= 0.3 is 0 Å². The molecule has 2 aliphatic heterocycles. The zero-order chi connectivity index (χ0) is 18.0. The van der Waals surface area contributed by atoms with Crippen LogP contribution in [0.3, 0.4) is 0 Å². The van der Waals surface area contributed by atoms with Crippen molar-refractivity contribution in [1.29, 1.82) is 0 Å². The summed E-state index contributed by atoms with van der Waals surface area (Å²) in [4.78, 5) is 30.7. The van der Waals surface area contributed by atoms with Crippen molar-refractivity contribution in [2.75, 3.05) is 36.9 Å². The number of fused-ring (bicyclic) bond motifs is 1. The molecule has 0 aliphatic carbocycles. The fourth-order valence-electron chi connectivity index (χ4n) is 4.36. The van der Waals surface area contributed by atoms with Gasteiger partial charge in [-0.3, -0.25) is 9.78 Å². The summed E-state index contributed by atoms with van der Waals surface area (Å²) in [5, 5.41) is 3.10. The third-order valence-corrected chi connectivity index (χ3v) is 5.79. The number of hydrogen-bond acceptors (Lipinski definition) is 6. The van der Waals surface area contributed by atoms with Gasteiger partial charge in [-0.15, -0.1) is 0 Å². The van der Waals surface area contributed by atoms with Crippen molar-refractivity contribution < 1.29 is 4.79 Å². The smallest absolute Gasteiger partial charge is 0.232 e. The summed E-state index contributed by atoms with van der Waals surface area (Å²) in [7, 11) is 2.12. The van der Waals surface area contributed by atoms with Gasteiger partial charge in [-0.1, -0.05) is 0 Å². The lowest BCUT2D eigenvalue weighted by Gasteiger charge is -2.34. The minimum absolute atomic E-state index is 0.107. The third kappa shape index (κ3) is 3.03. The highest BCUT2D eigenvalue weighted by Crippen LogP contribution is 2.44. The predicted octanol–water partition coefficient (Wildman–Crippen LogP) is 1.80. The maximum Gasteiger partial charge on any atom is 0.232 e. The Morgan fingerprint density at radius 2 is 1.96 bits per heavy atom. The summed E-state index contributed by atoms with van der Waals surface area (Å²) in [6, 6.07) is 5.78. The first-order valence-electron chi connectivity index (χ1n) is 9.13. The molecule has 0 unspecified atom stereocenters. The maximum absolute atomic E-state index is 13.3. The average Bonchev–Trinajstić information content (AvgIpc) is 2.88. The minimum Gasteiger partial charge on any atom is -0.341 e. The molecule has 2 aliphatic rings. The average molecular weight is 352 g/mol. The fourth-order valence-corrected chi connectivity index (χ4v) is 4.36. The fraction of sp³-hybridized carbons (Fsp3) is 0.474. The van der Waals surface area contributed by atoms with E-state index >= 15 is 0 Å². The van der Waals surface area contributed by atoms with Gasteiger partial charge in [-0.25, -0.2) is 9.97 Å². The standard InChI is InChI=1S/C19H24N6O/c1-24-12-6-19(17(26)23-15-4-2-8-20-14-15)7-13-25(11-5-16(19)24)18-21-9-3-10-22-18/h2-4,8-10,14,16H,5-7,11-13H2,1H3,(H,23,26)/t16-,19-/m1/s1. The number of amides is 1. The largest absolute Gasteiger partial charge is 0.341 e. The highest BCUT2D eigenvalue weighted by molar-refractivity contribution is 5.96. The zero-order valence-electron chi connectivity index (χ0n) is 15.0. The first kappa shape index (κ1) is 16.9. The number of rotatable bonds is 3. The van der Waals surface area contributed by atoms with Gasteiger partial charge in [0.25, 0.3) is 0 Å². The minimum atomic E-state index is -0.381. The number of pyridine rings is 1. The molecule has 26 heavy (non-hydrogen) atoms. The summed E-state index contributed by atoms with van der Waals surface area (Å²) in [5.41, 5.74) is 0.376. The molecule has 1 N–H and O–H groups in total. The molecule has 7 heteroatoms. The summed E-state index contributed by atoms with van der Waals surface area (Å²) in [6.07, 6.45) is 9.55. The van der Waals surface area contributed by atoms with E-state index in [0.717, 1.165) is 50.5 Å². The molecule has 2 atom stereocenters. The van der Waals surface area contributed by atoms with Crippen LogP contribution >= 0.6 is 0 Å². The number of carbonyl (C=O) groups is 1. The molecule has 1 amide bonds. The van der Waals surface area contributed by atoms with Gasteiger partial charge in [0.05, 0.1) is 17.3 Å². The summed E-state index contributed by atoms with van der Waals surface area (Å²) >= 11 is 0. The van der Waals surface area contributed by atoms with Gasteiger partial charge in [-0.2, -0.15) is 0 Å². The van der Waals surface area contributed by atoms with Crippen molar-refractivity contribution in [2.24, 2.45) is 5.41 Å². The van der Waals surface area contributed by atoms with Crippen molar-refractivity contribution >= 4 is 17.5 Å². The van der Waals surface area contributed by atoms with Crippen molar-refractivity contribution in [3.8, 4) is 0 Å². The first-order chi connectivity index (χ1) is 12.7. The maximum atomic E-state index is 13.3. The first-order valence-corrected chi connectivity index (χ1v) is 9.13. The van der Waals surface area contributed by atoms with Crippen molar-refractivity contribution in [3.63, 3.8) is 0 Å². The molecule has 2 fully saturated rings. The highest BCUT2D eigenvalue weighted by Gasteiger charge is 2.52. The Bertz CT molecular complexity index is 755. The predicted molar refractivity (Wildman–Crippen MR) is 99.8 cm³/mol. The molecule has 0 bridgehead atoms. The van der Waals surface area contributed by atoms with Gasteiger partial charge in [0, 0.05) is 37.7 Å². The van der Waals surface area contributed by atoms with Crippen molar-refractivity contribution in [3.05, 3.63) is 43.0 Å². The van der Waals surface area contributed by atoms with Crippen LogP contribution in [0.5, 0.6) is 0 Å². The zero-order valence-corrected chi connectivity index (χ0v) is 15.0. The number of aromatic nitrogens is 3. The van der Waals surface area contributed by atoms with Crippen LogP contribution in [-0.2, 0) is 4.79 Å². The van der Waals surface area contributed by atoms with Gasteiger partial charge in [0.2, 0.25) is 11.9 Å². The summed E-state index contributed by atoms with van der Waals surface area (Å²) < 4.78 is 0. The van der Waals surface area contributed by atoms with Crippen LogP contribution in [0.2, 0.25) is 0 Å². The topological polar surface area (TPSA) is 74.2 Å². The third-order valence-electron chi connectivity index (χ3n) is 5.79. The van der Waals surface area contributed by atoms with Crippen LogP contribution < -0.4 is 10.2 Å². The SMILES string of the molecule is CN1CC[C@@]2(C(=O)Nc3cccnc3)CCN(c3ncccn3)CC[C@@H]12. The van der Waals surface area contributed by atoms with Gasteiger partial charge < -0.3 is 15.1 Å². The summed E-state index contributed by atoms with van der Waals surface area (Å²) in [5.74, 6) is 0.855. The number of hydrogen-bond donors (Lipinski definition) is 1. The Hall–Kier alpha value is -2.54. The molecule has 2 aromatic rings. The molecule has 7 nitrogen and oxygen atoms in total. The Morgan fingerprint density at radius 1 is 1.15 bits per heavy atom. The van der Waals surface area contributed by atoms with Crippen molar-refractivity contribution in [1.82, 2.24) is 19.9 Å². The van der Waals surface area contributed by atoms with E-state index in [1.807, 2.05) is 18.2 Å². The molecular weight excluding hydrogens is 328 g/mol. The number of nitrogens with zero attached hydrogens (tertiary/aromatic N) is 5. The lowest BCUT2D eigenvalue weighted by Crippen LogP contribution is -2.46. The van der Waals surface area contributed by atoms with E-state index in [9.17, 15) is 4.79 Å². The summed E-state index contributed by atoms with van der Waals surface area (Å²) in [6.45, 7) is 2.60. The van der Waals surface area contributed by atoms with E-state index in [1.54, 1.807) is 24.8 Å². The molecule has 0 radical (unpaired) electrons. The Labute approximate surface area is 153 Å². The van der Waals surface area contributed by atoms with Gasteiger partial charge in [0.15, 0.2) is 0 Å². The van der Waals surface area contributed by atoms with Crippen LogP contribution in [0.25, 0.3) is 0 Å². The Balaban J connectivity index is 1.57. The molecule has 4 rings (SSSR count). The van der Waals surface area contributed by atoms with Crippen LogP contribution in [0, 0.1) is 5.41 Å². The van der Waals surface area contributed by atoms with Crippen LogP contribution in [0.1, 0.15) is 19.3 Å². The molecule has 4 heterocycles. The van der Waals surface area contributed by atoms with Gasteiger partial charge in [-0.05, 0) is 51.1 Å². The molecule has 0 spiro atoms. The number of likely N-dealkylation sites (tertiary alicyclic amines) is 1. The highest BCUT2D eigenvalue weighted by atomic mass is 16.2. The molecule has 2 aromatic heterocycles. The molecule has 136 valence electrons. The number of carbonyl (C=O) groups excluding carboxylic acids is 1. The molecule has 2 saturated heterocycles. The van der Waals surface area contributed by atoms with E-state index < -0.39 is 0 Å². The Kier molecular flexibility index (Phi) is 4.55. The monoisotopic (exact) mass is 352 g/mol. The van der Waals surface area contributed by atoms with Crippen LogP contribution in [0.15, 0.2) is 43.0 Å². The van der Waals surface area contributed by atoms with E-state index in [1.165, 1.54) is 0 Å². The van der Waals surface area contributed by atoms with Gasteiger partial charge in [0.1, 0.15) is 0 Å². The van der Waals surface area contributed by atoms with Crippen molar-refractivity contribution in [2.45, 2.75) is 25.3 Å². The van der Waals surface area contributed by atoms with E-state index in [2.05, 4.69) is 37.1 Å². The van der Waals surface area contributed by atoms with Crippen LogP contribution in [0.4, 0.5) is 11.6 Å². The molecular formula is C19H24N6O. The Morgan fingerprint density at radius 3 is 2.73 bits per heavy atom. The van der Waals surface area contributed by atoms with E-state index in [0.29, 0.717) is 0 Å². The van der Waals surface area contributed by atoms with E-state index in [-0.39, 0.29) is 17.4 Å². The molecule has 0 aromatic carbocycles.